The minimum atomic E-state index is -1.46. The van der Waals surface area contributed by atoms with Crippen molar-refractivity contribution in [3.8, 4) is 0 Å². The van der Waals surface area contributed by atoms with Gasteiger partial charge in [0.1, 0.15) is 0 Å². The van der Waals surface area contributed by atoms with Gasteiger partial charge in [0.25, 0.3) is 0 Å². The zero-order valence-corrected chi connectivity index (χ0v) is 8.60. The molecule has 2 N–H and O–H groups in total. The fraction of sp³-hybridized carbons (Fsp3) is 0.400. The summed E-state index contributed by atoms with van der Waals surface area (Å²) in [4.78, 5) is 1.47. The van der Waals surface area contributed by atoms with Crippen LogP contribution in [-0.2, 0) is 0 Å². The van der Waals surface area contributed by atoms with Gasteiger partial charge in [-0.3, -0.25) is 0 Å². The second kappa shape index (κ2) is 4.53. The van der Waals surface area contributed by atoms with Crippen molar-refractivity contribution in [3.63, 3.8) is 0 Å². The van der Waals surface area contributed by atoms with Gasteiger partial charge >= 0.3 is 0 Å². The van der Waals surface area contributed by atoms with Crippen LogP contribution in [0.25, 0.3) is 0 Å². The molecule has 0 aliphatic rings. The van der Waals surface area contributed by atoms with E-state index in [-0.39, 0.29) is 11.7 Å². The first-order chi connectivity index (χ1) is 6.99. The van der Waals surface area contributed by atoms with Crippen molar-refractivity contribution >= 4 is 5.69 Å². The van der Waals surface area contributed by atoms with Crippen molar-refractivity contribution in [1.29, 1.82) is 0 Å². The molecule has 15 heavy (non-hydrogen) atoms. The number of benzene rings is 1. The molecule has 1 aromatic rings. The van der Waals surface area contributed by atoms with Crippen LogP contribution in [0.2, 0.25) is 0 Å². The van der Waals surface area contributed by atoms with Crippen LogP contribution < -0.4 is 10.6 Å². The van der Waals surface area contributed by atoms with E-state index >= 15 is 0 Å². The number of halogens is 3. The third-order valence-corrected chi connectivity index (χ3v) is 2.40. The first kappa shape index (κ1) is 11.8. The Kier molecular flexibility index (Phi) is 3.57. The minimum absolute atomic E-state index is 0.00634. The van der Waals surface area contributed by atoms with E-state index in [1.165, 1.54) is 11.0 Å². The van der Waals surface area contributed by atoms with Gasteiger partial charge in [0.2, 0.25) is 0 Å². The van der Waals surface area contributed by atoms with Crippen LogP contribution >= 0.6 is 0 Å². The molecule has 1 atom stereocenters. The van der Waals surface area contributed by atoms with Crippen molar-refractivity contribution in [2.24, 2.45) is 5.73 Å². The first-order valence-corrected chi connectivity index (χ1v) is 4.55. The summed E-state index contributed by atoms with van der Waals surface area (Å²) in [5, 5.41) is 0. The number of rotatable bonds is 3. The van der Waals surface area contributed by atoms with Gasteiger partial charge in [-0.25, -0.2) is 13.2 Å². The number of hydrogen-bond donors (Lipinski definition) is 1. The van der Waals surface area contributed by atoms with Gasteiger partial charge in [-0.2, -0.15) is 0 Å². The fourth-order valence-corrected chi connectivity index (χ4v) is 1.18. The summed E-state index contributed by atoms with van der Waals surface area (Å²) in [7, 11) is 1.58. The van der Waals surface area contributed by atoms with Gasteiger partial charge in [-0.1, -0.05) is 0 Å². The molecule has 0 saturated heterocycles. The van der Waals surface area contributed by atoms with Crippen molar-refractivity contribution in [2.75, 3.05) is 18.5 Å². The van der Waals surface area contributed by atoms with Crippen molar-refractivity contribution in [2.45, 2.75) is 13.0 Å². The molecule has 5 heteroatoms. The SMILES string of the molecule is CC(CN)N(C)c1ccc(F)c(F)c1F. The van der Waals surface area contributed by atoms with Crippen LogP contribution in [0.3, 0.4) is 0 Å². The first-order valence-electron chi connectivity index (χ1n) is 4.55. The maximum atomic E-state index is 13.3. The van der Waals surface area contributed by atoms with Gasteiger partial charge in [-0.15, -0.1) is 0 Å². The Balaban J connectivity index is 3.10. The van der Waals surface area contributed by atoms with E-state index in [1.54, 1.807) is 14.0 Å². The largest absolute Gasteiger partial charge is 0.368 e. The highest BCUT2D eigenvalue weighted by Gasteiger charge is 2.18. The van der Waals surface area contributed by atoms with Crippen LogP contribution in [0.5, 0.6) is 0 Å². The fourth-order valence-electron chi connectivity index (χ4n) is 1.18. The molecule has 1 aromatic carbocycles. The zero-order chi connectivity index (χ0) is 11.6. The van der Waals surface area contributed by atoms with Crippen molar-refractivity contribution < 1.29 is 13.2 Å². The van der Waals surface area contributed by atoms with E-state index in [0.717, 1.165) is 6.07 Å². The van der Waals surface area contributed by atoms with E-state index < -0.39 is 17.5 Å². The average molecular weight is 218 g/mol. The molecule has 1 rings (SSSR count). The van der Waals surface area contributed by atoms with E-state index in [1.807, 2.05) is 0 Å². The van der Waals surface area contributed by atoms with Crippen LogP contribution in [-0.4, -0.2) is 19.6 Å². The quantitative estimate of drug-likeness (QED) is 0.785. The number of nitrogens with zero attached hydrogens (tertiary/aromatic N) is 1. The second-order valence-electron chi connectivity index (χ2n) is 3.39. The summed E-state index contributed by atoms with van der Waals surface area (Å²) in [5.41, 5.74) is 5.40. The Morgan fingerprint density at radius 2 is 1.87 bits per heavy atom. The topological polar surface area (TPSA) is 29.3 Å². The molecule has 0 amide bonds. The summed E-state index contributed by atoms with van der Waals surface area (Å²) in [6.07, 6.45) is 0. The summed E-state index contributed by atoms with van der Waals surface area (Å²) in [6.45, 7) is 2.07. The van der Waals surface area contributed by atoms with E-state index in [9.17, 15) is 13.2 Å². The van der Waals surface area contributed by atoms with Gasteiger partial charge in [0, 0.05) is 19.6 Å². The second-order valence-corrected chi connectivity index (χ2v) is 3.39. The van der Waals surface area contributed by atoms with Gasteiger partial charge < -0.3 is 10.6 Å². The average Bonchev–Trinajstić information content (AvgIpc) is 2.24. The normalized spacial score (nSPS) is 12.7. The van der Waals surface area contributed by atoms with Gasteiger partial charge in [-0.05, 0) is 19.1 Å². The lowest BCUT2D eigenvalue weighted by molar-refractivity contribution is 0.445. The number of hydrogen-bond acceptors (Lipinski definition) is 2. The Bertz CT molecular complexity index is 355. The van der Waals surface area contributed by atoms with Crippen molar-refractivity contribution in [1.82, 2.24) is 0 Å². The summed E-state index contributed by atoms with van der Waals surface area (Å²) >= 11 is 0. The zero-order valence-electron chi connectivity index (χ0n) is 8.60. The highest BCUT2D eigenvalue weighted by atomic mass is 19.2. The molecule has 1 unspecified atom stereocenters. The lowest BCUT2D eigenvalue weighted by Gasteiger charge is -2.26. The Hall–Kier alpha value is -1.23. The van der Waals surface area contributed by atoms with Gasteiger partial charge in [0.15, 0.2) is 17.5 Å². The Morgan fingerprint density at radius 3 is 2.40 bits per heavy atom. The molecule has 0 bridgehead atoms. The molecule has 0 aliphatic heterocycles. The maximum Gasteiger partial charge on any atom is 0.196 e. The molecule has 0 radical (unpaired) electrons. The molecule has 2 nitrogen and oxygen atoms in total. The number of likely N-dealkylation sites (N-methyl/N-ethyl adjacent to an activating group) is 1. The van der Waals surface area contributed by atoms with Crippen LogP contribution in [0.1, 0.15) is 6.92 Å². The molecule has 0 spiro atoms. The predicted molar refractivity (Wildman–Crippen MR) is 53.2 cm³/mol. The lowest BCUT2D eigenvalue weighted by Crippen LogP contribution is -2.36. The molecular weight excluding hydrogens is 205 g/mol. The monoisotopic (exact) mass is 218 g/mol. The number of nitrogens with two attached hydrogens (primary N) is 1. The van der Waals surface area contributed by atoms with Crippen molar-refractivity contribution in [3.05, 3.63) is 29.6 Å². The van der Waals surface area contributed by atoms with Crippen LogP contribution in [0, 0.1) is 17.5 Å². The molecule has 84 valence electrons. The van der Waals surface area contributed by atoms with E-state index in [2.05, 4.69) is 0 Å². The highest BCUT2D eigenvalue weighted by molar-refractivity contribution is 5.48. The van der Waals surface area contributed by atoms with E-state index in [0.29, 0.717) is 6.54 Å². The predicted octanol–water partition coefficient (Wildman–Crippen LogP) is 1.89. The maximum absolute atomic E-state index is 13.3. The van der Waals surface area contributed by atoms with Crippen LogP contribution in [0.4, 0.5) is 18.9 Å². The molecule has 0 aromatic heterocycles. The summed E-state index contributed by atoms with van der Waals surface area (Å²) in [5.74, 6) is -3.83. The standard InChI is InChI=1S/C10H13F3N2/c1-6(5-14)15(2)8-4-3-7(11)9(12)10(8)13/h3-4,6H,5,14H2,1-2H3. The molecule has 0 fully saturated rings. The molecular formula is C10H13F3N2. The molecule has 0 heterocycles. The summed E-state index contributed by atoms with van der Waals surface area (Å²) in [6, 6.07) is 1.94. The molecule has 0 saturated carbocycles. The Morgan fingerprint density at radius 1 is 1.27 bits per heavy atom. The number of anilines is 1. The third-order valence-electron chi connectivity index (χ3n) is 2.40. The minimum Gasteiger partial charge on any atom is -0.368 e. The smallest absolute Gasteiger partial charge is 0.196 e. The summed E-state index contributed by atoms with van der Waals surface area (Å²) < 4.78 is 38.9. The lowest BCUT2D eigenvalue weighted by atomic mass is 10.2. The highest BCUT2D eigenvalue weighted by Crippen LogP contribution is 2.23. The van der Waals surface area contributed by atoms with Crippen LogP contribution in [0.15, 0.2) is 12.1 Å². The molecule has 0 aliphatic carbocycles. The Labute approximate surface area is 86.5 Å². The third kappa shape index (κ3) is 2.23. The van der Waals surface area contributed by atoms with E-state index in [4.69, 9.17) is 5.73 Å². The van der Waals surface area contributed by atoms with Gasteiger partial charge in [0.05, 0.1) is 5.69 Å².